The second-order valence-electron chi connectivity index (χ2n) is 7.52. The van der Waals surface area contributed by atoms with Crippen LogP contribution in [0.2, 0.25) is 0 Å². The predicted molar refractivity (Wildman–Crippen MR) is 120 cm³/mol. The van der Waals surface area contributed by atoms with Crippen LogP contribution in [-0.4, -0.2) is 13.0 Å². The highest BCUT2D eigenvalue weighted by molar-refractivity contribution is 7.89. The molecule has 31 heavy (non-hydrogen) atoms. The second-order valence-corrected chi connectivity index (χ2v) is 9.23. The summed E-state index contributed by atoms with van der Waals surface area (Å²) >= 11 is 0. The van der Waals surface area contributed by atoms with Gasteiger partial charge in [-0.2, -0.15) is 0 Å². The zero-order chi connectivity index (χ0) is 21.8. The molecule has 0 radical (unpaired) electrons. The lowest BCUT2D eigenvalue weighted by molar-refractivity contribution is 0.523. The molecule has 0 unspecified atom stereocenters. The molecule has 0 fully saturated rings. The number of aromatic nitrogens is 1. The number of fused-ring (bicyclic) bond motifs is 1. The zero-order valence-electron chi connectivity index (χ0n) is 17.2. The van der Waals surface area contributed by atoms with Crippen LogP contribution >= 0.6 is 0 Å². The van der Waals surface area contributed by atoms with Crippen molar-refractivity contribution in [2.75, 3.05) is 0 Å². The molecule has 0 spiro atoms. The summed E-state index contributed by atoms with van der Waals surface area (Å²) in [4.78, 5) is 11.8. The molecule has 1 N–H and O–H groups in total. The number of sulfonamides is 1. The molecular formula is C24H24N2O4S. The minimum atomic E-state index is -3.82. The summed E-state index contributed by atoms with van der Waals surface area (Å²) in [6.07, 6.45) is 2.35. The molecule has 0 aliphatic rings. The molecule has 0 aliphatic carbocycles. The van der Waals surface area contributed by atoms with Gasteiger partial charge in [0.15, 0.2) is 5.58 Å². The molecule has 0 saturated heterocycles. The summed E-state index contributed by atoms with van der Waals surface area (Å²) in [5.41, 5.74) is 2.93. The van der Waals surface area contributed by atoms with Gasteiger partial charge in [-0.25, -0.2) is 17.9 Å². The van der Waals surface area contributed by atoms with Crippen molar-refractivity contribution >= 4 is 21.1 Å². The third-order valence-electron chi connectivity index (χ3n) is 5.37. The van der Waals surface area contributed by atoms with E-state index in [0.29, 0.717) is 11.9 Å². The van der Waals surface area contributed by atoms with E-state index in [0.717, 1.165) is 18.4 Å². The maximum atomic E-state index is 13.1. The van der Waals surface area contributed by atoms with E-state index in [-0.39, 0.29) is 16.5 Å². The fraction of sp³-hybridized carbons (Fsp3) is 0.208. The Morgan fingerprint density at radius 2 is 1.65 bits per heavy atom. The Balaban J connectivity index is 1.57. The minimum Gasteiger partial charge on any atom is -0.408 e. The lowest BCUT2D eigenvalue weighted by atomic mass is 10.00. The van der Waals surface area contributed by atoms with Crippen molar-refractivity contribution in [2.45, 2.75) is 30.2 Å². The van der Waals surface area contributed by atoms with Crippen molar-refractivity contribution < 1.29 is 12.8 Å². The molecule has 0 bridgehead atoms. The van der Waals surface area contributed by atoms with Crippen molar-refractivity contribution in [3.05, 3.63) is 101 Å². The van der Waals surface area contributed by atoms with Crippen LogP contribution in [0.1, 0.15) is 30.0 Å². The SMILES string of the molecule is Cn1c(=O)oc2cc(S(=O)(=O)N[C@@H](CCCc3ccccc3)c3ccccc3)ccc21. The Bertz CT molecular complexity index is 1330. The van der Waals surface area contributed by atoms with E-state index >= 15 is 0 Å². The average Bonchev–Trinajstić information content (AvgIpc) is 3.07. The van der Waals surface area contributed by atoms with Crippen LogP contribution in [0.5, 0.6) is 0 Å². The summed E-state index contributed by atoms with van der Waals surface area (Å²) in [6.45, 7) is 0. The van der Waals surface area contributed by atoms with Crippen molar-refractivity contribution in [3.8, 4) is 0 Å². The highest BCUT2D eigenvalue weighted by Gasteiger charge is 2.22. The third-order valence-corrected chi connectivity index (χ3v) is 6.84. The van der Waals surface area contributed by atoms with E-state index in [1.807, 2.05) is 48.5 Å². The van der Waals surface area contributed by atoms with Crippen LogP contribution in [0, 0.1) is 0 Å². The van der Waals surface area contributed by atoms with Crippen LogP contribution in [0.15, 0.2) is 93.0 Å². The highest BCUT2D eigenvalue weighted by atomic mass is 32.2. The van der Waals surface area contributed by atoms with Gasteiger partial charge in [-0.15, -0.1) is 0 Å². The van der Waals surface area contributed by atoms with E-state index in [9.17, 15) is 13.2 Å². The first kappa shape index (κ1) is 21.1. The average molecular weight is 437 g/mol. The number of oxazole rings is 1. The first-order chi connectivity index (χ1) is 14.9. The first-order valence-electron chi connectivity index (χ1n) is 10.1. The number of nitrogens with one attached hydrogen (secondary N) is 1. The highest BCUT2D eigenvalue weighted by Crippen LogP contribution is 2.24. The quantitative estimate of drug-likeness (QED) is 0.449. The molecule has 4 aromatic rings. The van der Waals surface area contributed by atoms with Gasteiger partial charge in [-0.3, -0.25) is 4.57 Å². The summed E-state index contributed by atoms with van der Waals surface area (Å²) in [5.74, 6) is -0.527. The van der Waals surface area contributed by atoms with E-state index in [2.05, 4.69) is 16.9 Å². The first-order valence-corrected chi connectivity index (χ1v) is 11.6. The molecule has 0 aliphatic heterocycles. The van der Waals surface area contributed by atoms with Crippen LogP contribution in [0.3, 0.4) is 0 Å². The van der Waals surface area contributed by atoms with Gasteiger partial charge in [0.2, 0.25) is 10.0 Å². The standard InChI is InChI=1S/C24H24N2O4S/c1-26-22-16-15-20(17-23(22)30-24(26)27)31(28,29)25-21(19-12-6-3-7-13-19)14-8-11-18-9-4-2-5-10-18/h2-7,9-10,12-13,15-17,21,25H,8,11,14H2,1H3/t21-/m0/s1. The molecule has 160 valence electrons. The van der Waals surface area contributed by atoms with Gasteiger partial charge >= 0.3 is 5.76 Å². The topological polar surface area (TPSA) is 81.3 Å². The molecule has 1 aromatic heterocycles. The van der Waals surface area contributed by atoms with E-state index < -0.39 is 15.8 Å². The van der Waals surface area contributed by atoms with E-state index in [1.165, 1.54) is 22.3 Å². The van der Waals surface area contributed by atoms with E-state index in [1.54, 1.807) is 13.1 Å². The fourth-order valence-corrected chi connectivity index (χ4v) is 4.94. The molecule has 1 atom stereocenters. The predicted octanol–water partition coefficient (Wildman–Crippen LogP) is 4.17. The van der Waals surface area contributed by atoms with Gasteiger partial charge in [0.1, 0.15) is 0 Å². The maximum Gasteiger partial charge on any atom is 0.419 e. The minimum absolute atomic E-state index is 0.0679. The van der Waals surface area contributed by atoms with Crippen LogP contribution in [-0.2, 0) is 23.5 Å². The van der Waals surface area contributed by atoms with Gasteiger partial charge in [0, 0.05) is 19.2 Å². The lowest BCUT2D eigenvalue weighted by Gasteiger charge is -2.19. The smallest absolute Gasteiger partial charge is 0.408 e. The summed E-state index contributed by atoms with van der Waals surface area (Å²) in [6, 6.07) is 23.8. The Hall–Kier alpha value is -3.16. The number of hydrogen-bond donors (Lipinski definition) is 1. The largest absolute Gasteiger partial charge is 0.419 e. The van der Waals surface area contributed by atoms with Gasteiger partial charge in [0.25, 0.3) is 0 Å². The fourth-order valence-electron chi connectivity index (χ4n) is 3.67. The van der Waals surface area contributed by atoms with Crippen molar-refractivity contribution in [3.63, 3.8) is 0 Å². The van der Waals surface area contributed by atoms with Gasteiger partial charge in [0.05, 0.1) is 10.4 Å². The number of nitrogens with zero attached hydrogens (tertiary/aromatic N) is 1. The van der Waals surface area contributed by atoms with Gasteiger partial charge in [-0.05, 0) is 42.5 Å². The molecule has 0 saturated carbocycles. The normalized spacial score (nSPS) is 12.8. The molecule has 6 nitrogen and oxygen atoms in total. The number of rotatable bonds is 8. The van der Waals surface area contributed by atoms with Gasteiger partial charge < -0.3 is 4.42 Å². The van der Waals surface area contributed by atoms with Crippen molar-refractivity contribution in [1.29, 1.82) is 0 Å². The third kappa shape index (κ3) is 4.78. The summed E-state index contributed by atoms with van der Waals surface area (Å²) < 4.78 is 35.6. The molecule has 0 amide bonds. The molecule has 3 aromatic carbocycles. The Morgan fingerprint density at radius 1 is 0.968 bits per heavy atom. The summed E-state index contributed by atoms with van der Waals surface area (Å²) in [7, 11) is -2.24. The molecule has 1 heterocycles. The van der Waals surface area contributed by atoms with E-state index in [4.69, 9.17) is 4.42 Å². The Labute approximate surface area is 181 Å². The lowest BCUT2D eigenvalue weighted by Crippen LogP contribution is -2.28. The number of benzene rings is 3. The van der Waals surface area contributed by atoms with Crippen LogP contribution in [0.4, 0.5) is 0 Å². The monoisotopic (exact) mass is 436 g/mol. The molecule has 4 rings (SSSR count). The Kier molecular flexibility index (Phi) is 6.06. The van der Waals surface area contributed by atoms with Crippen molar-refractivity contribution in [2.24, 2.45) is 7.05 Å². The molecular weight excluding hydrogens is 412 g/mol. The zero-order valence-corrected chi connectivity index (χ0v) is 18.0. The number of hydrogen-bond acceptors (Lipinski definition) is 4. The summed E-state index contributed by atoms with van der Waals surface area (Å²) in [5, 5.41) is 0. The number of aryl methyl sites for hydroxylation is 2. The van der Waals surface area contributed by atoms with Crippen LogP contribution < -0.4 is 10.5 Å². The molecule has 7 heteroatoms. The van der Waals surface area contributed by atoms with Gasteiger partial charge in [-0.1, -0.05) is 60.7 Å². The second kappa shape index (κ2) is 8.91. The Morgan fingerprint density at radius 3 is 2.35 bits per heavy atom. The maximum absolute atomic E-state index is 13.1. The van der Waals surface area contributed by atoms with Crippen molar-refractivity contribution in [1.82, 2.24) is 9.29 Å². The van der Waals surface area contributed by atoms with Crippen LogP contribution in [0.25, 0.3) is 11.1 Å².